The second-order valence-corrected chi connectivity index (χ2v) is 4.94. The van der Waals surface area contributed by atoms with Gasteiger partial charge >= 0.3 is 12.0 Å². The number of hydrogen-bond donors (Lipinski definition) is 3. The second-order valence-electron chi connectivity index (χ2n) is 4.09. The number of amides is 2. The van der Waals surface area contributed by atoms with Crippen LogP contribution in [0.2, 0.25) is 0 Å². The Morgan fingerprint density at radius 2 is 1.71 bits per heavy atom. The van der Waals surface area contributed by atoms with Gasteiger partial charge < -0.3 is 15.7 Å². The molecule has 0 atom stereocenters. The third-order valence-electron chi connectivity index (χ3n) is 2.57. The van der Waals surface area contributed by atoms with Crippen LogP contribution in [0.5, 0.6) is 0 Å². The lowest BCUT2D eigenvalue weighted by Gasteiger charge is -2.09. The van der Waals surface area contributed by atoms with Crippen LogP contribution in [-0.4, -0.2) is 17.1 Å². The molecule has 0 aliphatic carbocycles. The predicted octanol–water partition coefficient (Wildman–Crippen LogP) is 3.93. The summed E-state index contributed by atoms with van der Waals surface area (Å²) in [4.78, 5) is 22.5. The van der Waals surface area contributed by atoms with Gasteiger partial charge in [-0.2, -0.15) is 0 Å². The molecule has 0 spiro atoms. The van der Waals surface area contributed by atoms with Crippen LogP contribution >= 0.6 is 15.9 Å². The van der Waals surface area contributed by atoms with Crippen molar-refractivity contribution in [3.05, 3.63) is 58.3 Å². The number of halogens is 2. The molecule has 5 nitrogen and oxygen atoms in total. The largest absolute Gasteiger partial charge is 0.478 e. The summed E-state index contributed by atoms with van der Waals surface area (Å²) in [6.07, 6.45) is 0. The molecule has 0 aromatic heterocycles. The van der Waals surface area contributed by atoms with Crippen molar-refractivity contribution in [1.82, 2.24) is 0 Å². The van der Waals surface area contributed by atoms with Crippen molar-refractivity contribution in [3.8, 4) is 0 Å². The van der Waals surface area contributed by atoms with Crippen LogP contribution in [0.15, 0.2) is 46.9 Å². The summed E-state index contributed by atoms with van der Waals surface area (Å²) < 4.78 is 13.3. The van der Waals surface area contributed by atoms with Crippen molar-refractivity contribution in [1.29, 1.82) is 0 Å². The smallest absolute Gasteiger partial charge is 0.335 e. The Hall–Kier alpha value is -2.41. The van der Waals surface area contributed by atoms with Crippen molar-refractivity contribution in [2.75, 3.05) is 10.6 Å². The van der Waals surface area contributed by atoms with E-state index in [0.29, 0.717) is 15.8 Å². The maximum atomic E-state index is 12.9. The summed E-state index contributed by atoms with van der Waals surface area (Å²) in [6.45, 7) is 0. The molecular weight excluding hydrogens is 343 g/mol. The number of urea groups is 1. The third kappa shape index (κ3) is 4.03. The lowest BCUT2D eigenvalue weighted by Crippen LogP contribution is -2.19. The van der Waals surface area contributed by atoms with Crippen LogP contribution in [0.1, 0.15) is 10.4 Å². The molecule has 0 unspecified atom stereocenters. The van der Waals surface area contributed by atoms with Crippen LogP contribution in [0.3, 0.4) is 0 Å². The van der Waals surface area contributed by atoms with E-state index >= 15 is 0 Å². The van der Waals surface area contributed by atoms with Crippen molar-refractivity contribution in [2.45, 2.75) is 0 Å². The molecule has 0 aliphatic rings. The van der Waals surface area contributed by atoms with Gasteiger partial charge in [-0.1, -0.05) is 0 Å². The van der Waals surface area contributed by atoms with E-state index < -0.39 is 17.8 Å². The SMILES string of the molecule is O=C(Nc1ccc(C(=O)O)cc1)Nc1ccc(F)cc1Br. The highest BCUT2D eigenvalue weighted by Crippen LogP contribution is 2.23. The van der Waals surface area contributed by atoms with Gasteiger partial charge in [0.2, 0.25) is 0 Å². The number of carboxylic acid groups (broad SMARTS) is 1. The van der Waals surface area contributed by atoms with Gasteiger partial charge in [0.05, 0.1) is 11.3 Å². The van der Waals surface area contributed by atoms with Gasteiger partial charge in [-0.05, 0) is 58.4 Å². The molecule has 0 aliphatic heterocycles. The first-order chi connectivity index (χ1) is 9.95. The zero-order valence-electron chi connectivity index (χ0n) is 10.6. The standard InChI is InChI=1S/C14H10BrFN2O3/c15-11-7-9(16)3-6-12(11)18-14(21)17-10-4-1-8(2-5-10)13(19)20/h1-7H,(H,19,20)(H2,17,18,21). The molecule has 2 rings (SSSR count). The van der Waals surface area contributed by atoms with Gasteiger partial charge in [0.25, 0.3) is 0 Å². The van der Waals surface area contributed by atoms with Gasteiger partial charge in [0.1, 0.15) is 5.82 Å². The fourth-order valence-electron chi connectivity index (χ4n) is 1.57. The summed E-state index contributed by atoms with van der Waals surface area (Å²) in [5.41, 5.74) is 0.981. The Morgan fingerprint density at radius 1 is 1.05 bits per heavy atom. The topological polar surface area (TPSA) is 78.4 Å². The number of anilines is 2. The lowest BCUT2D eigenvalue weighted by atomic mass is 10.2. The number of carbonyl (C=O) groups excluding carboxylic acids is 1. The summed E-state index contributed by atoms with van der Waals surface area (Å²) >= 11 is 3.14. The van der Waals surface area contributed by atoms with Gasteiger partial charge in [-0.15, -0.1) is 0 Å². The highest BCUT2D eigenvalue weighted by molar-refractivity contribution is 9.10. The van der Waals surface area contributed by atoms with Crippen LogP contribution in [0.4, 0.5) is 20.6 Å². The first-order valence-electron chi connectivity index (χ1n) is 5.82. The van der Waals surface area contributed by atoms with E-state index in [1.807, 2.05) is 0 Å². The van der Waals surface area contributed by atoms with Crippen LogP contribution < -0.4 is 10.6 Å². The van der Waals surface area contributed by atoms with E-state index in [0.717, 1.165) is 0 Å². The highest BCUT2D eigenvalue weighted by Gasteiger charge is 2.07. The first-order valence-corrected chi connectivity index (χ1v) is 6.61. The van der Waals surface area contributed by atoms with E-state index in [4.69, 9.17) is 5.11 Å². The highest BCUT2D eigenvalue weighted by atomic mass is 79.9. The Balaban J connectivity index is 2.02. The number of carbonyl (C=O) groups is 2. The quantitative estimate of drug-likeness (QED) is 0.782. The Kier molecular flexibility index (Phi) is 4.54. The molecule has 0 saturated heterocycles. The number of carboxylic acids is 1. The summed E-state index contributed by atoms with van der Waals surface area (Å²) in [5, 5.41) is 13.9. The van der Waals surface area contributed by atoms with Crippen molar-refractivity contribution in [2.24, 2.45) is 0 Å². The number of hydrogen-bond acceptors (Lipinski definition) is 2. The average Bonchev–Trinajstić information content (AvgIpc) is 2.42. The van der Waals surface area contributed by atoms with Crippen molar-refractivity contribution < 1.29 is 19.1 Å². The number of benzene rings is 2. The average molecular weight is 353 g/mol. The van der Waals surface area contributed by atoms with E-state index in [-0.39, 0.29) is 5.56 Å². The molecule has 2 aromatic rings. The molecular formula is C14H10BrFN2O3. The molecule has 2 amide bonds. The maximum absolute atomic E-state index is 12.9. The van der Waals surface area contributed by atoms with Crippen molar-refractivity contribution >= 4 is 39.3 Å². The fraction of sp³-hybridized carbons (Fsp3) is 0. The Morgan fingerprint density at radius 3 is 2.29 bits per heavy atom. The Bertz CT molecular complexity index is 689. The minimum atomic E-state index is -1.04. The number of nitrogens with one attached hydrogen (secondary N) is 2. The van der Waals surface area contributed by atoms with Crippen LogP contribution in [0.25, 0.3) is 0 Å². The predicted molar refractivity (Wildman–Crippen MR) is 80.1 cm³/mol. The normalized spacial score (nSPS) is 10.0. The molecule has 0 fully saturated rings. The van der Waals surface area contributed by atoms with Crippen LogP contribution in [0, 0.1) is 5.82 Å². The Labute approximate surface area is 127 Å². The van der Waals surface area contributed by atoms with Crippen LogP contribution in [-0.2, 0) is 0 Å². The third-order valence-corrected chi connectivity index (χ3v) is 3.23. The first kappa shape index (κ1) is 15.0. The molecule has 0 bridgehead atoms. The monoisotopic (exact) mass is 352 g/mol. The summed E-state index contributed by atoms with van der Waals surface area (Å²) in [5.74, 6) is -1.46. The van der Waals surface area contributed by atoms with Gasteiger partial charge in [0, 0.05) is 10.2 Å². The molecule has 0 heterocycles. The fourth-order valence-corrected chi connectivity index (χ4v) is 2.02. The molecule has 7 heteroatoms. The van der Waals surface area contributed by atoms with Crippen molar-refractivity contribution in [3.63, 3.8) is 0 Å². The zero-order chi connectivity index (χ0) is 15.4. The summed E-state index contributed by atoms with van der Waals surface area (Å²) in [6, 6.07) is 9.07. The maximum Gasteiger partial charge on any atom is 0.335 e. The van der Waals surface area contributed by atoms with E-state index in [2.05, 4.69) is 26.6 Å². The van der Waals surface area contributed by atoms with Gasteiger partial charge in [0.15, 0.2) is 0 Å². The molecule has 3 N–H and O–H groups in total. The molecule has 21 heavy (non-hydrogen) atoms. The minimum Gasteiger partial charge on any atom is -0.478 e. The summed E-state index contributed by atoms with van der Waals surface area (Å²) in [7, 11) is 0. The molecule has 0 saturated carbocycles. The molecule has 108 valence electrons. The van der Waals surface area contributed by atoms with E-state index in [1.165, 1.54) is 42.5 Å². The van der Waals surface area contributed by atoms with Gasteiger partial charge in [-0.3, -0.25) is 0 Å². The zero-order valence-corrected chi connectivity index (χ0v) is 12.1. The van der Waals surface area contributed by atoms with Gasteiger partial charge in [-0.25, -0.2) is 14.0 Å². The van der Waals surface area contributed by atoms with E-state index in [9.17, 15) is 14.0 Å². The lowest BCUT2D eigenvalue weighted by molar-refractivity contribution is 0.0697. The molecule has 0 radical (unpaired) electrons. The minimum absolute atomic E-state index is 0.127. The number of aromatic carboxylic acids is 1. The number of rotatable bonds is 3. The molecule has 2 aromatic carbocycles. The van der Waals surface area contributed by atoms with E-state index in [1.54, 1.807) is 0 Å². The second kappa shape index (κ2) is 6.36.